The second-order valence-electron chi connectivity index (χ2n) is 8.20. The van der Waals surface area contributed by atoms with Gasteiger partial charge in [0.1, 0.15) is 5.75 Å². The van der Waals surface area contributed by atoms with Crippen molar-refractivity contribution < 1.29 is 19.5 Å². The van der Waals surface area contributed by atoms with Crippen LogP contribution in [0.5, 0.6) is 5.75 Å². The van der Waals surface area contributed by atoms with E-state index >= 15 is 0 Å². The quantitative estimate of drug-likeness (QED) is 0.821. The third-order valence-corrected chi connectivity index (χ3v) is 6.23. The second kappa shape index (κ2) is 8.79. The summed E-state index contributed by atoms with van der Waals surface area (Å²) in [4.78, 5) is 43.5. The number of rotatable bonds is 4. The van der Waals surface area contributed by atoms with Crippen LogP contribution in [0.2, 0.25) is 0 Å². The molecule has 0 bridgehead atoms. The molecule has 2 aromatic rings. The Balaban J connectivity index is 1.34. The molecule has 2 aliphatic heterocycles. The van der Waals surface area contributed by atoms with Crippen molar-refractivity contribution in [1.82, 2.24) is 14.7 Å². The number of carbonyl (C=O) groups excluding carboxylic acids is 3. The maximum absolute atomic E-state index is 13.1. The number of likely N-dealkylation sites (tertiary alicyclic amines) is 1. The number of piperazine rings is 1. The van der Waals surface area contributed by atoms with Crippen molar-refractivity contribution in [2.45, 2.75) is 19.4 Å². The normalized spacial score (nSPS) is 20.1. The molecular formula is C24H27N3O4. The van der Waals surface area contributed by atoms with Crippen LogP contribution in [0.3, 0.4) is 0 Å². The Morgan fingerprint density at radius 2 is 1.65 bits per heavy atom. The predicted molar refractivity (Wildman–Crippen MR) is 115 cm³/mol. The van der Waals surface area contributed by atoms with E-state index in [0.29, 0.717) is 38.3 Å². The lowest BCUT2D eigenvalue weighted by Crippen LogP contribution is -2.52. The van der Waals surface area contributed by atoms with Gasteiger partial charge in [-0.3, -0.25) is 14.4 Å². The smallest absolute Gasteiger partial charge is 0.254 e. The lowest BCUT2D eigenvalue weighted by Gasteiger charge is -2.36. The Kier molecular flexibility index (Phi) is 5.93. The first-order chi connectivity index (χ1) is 14.9. The van der Waals surface area contributed by atoms with Crippen molar-refractivity contribution in [2.75, 3.05) is 32.7 Å². The van der Waals surface area contributed by atoms with Gasteiger partial charge in [-0.05, 0) is 30.7 Å². The first-order valence-corrected chi connectivity index (χ1v) is 10.7. The van der Waals surface area contributed by atoms with Crippen LogP contribution in [-0.4, -0.2) is 70.3 Å². The van der Waals surface area contributed by atoms with Crippen molar-refractivity contribution in [3.8, 4) is 5.75 Å². The molecule has 2 saturated heterocycles. The highest BCUT2D eigenvalue weighted by atomic mass is 16.3. The van der Waals surface area contributed by atoms with E-state index in [2.05, 4.69) is 0 Å². The molecule has 2 unspecified atom stereocenters. The first kappa shape index (κ1) is 20.9. The summed E-state index contributed by atoms with van der Waals surface area (Å²) in [7, 11) is 0. The second-order valence-corrected chi connectivity index (χ2v) is 8.20. The number of hydrogen-bond donors (Lipinski definition) is 1. The third-order valence-electron chi connectivity index (χ3n) is 6.23. The standard InChI is InChI=1S/C24H27N3O4/c1-17(18-6-3-2-4-7-18)27-16-20(15-22(27)29)24(31)26-12-10-25(11-13-26)23(30)19-8-5-9-21(28)14-19/h2-9,14,17,20,28H,10-13,15-16H2,1H3. The summed E-state index contributed by atoms with van der Waals surface area (Å²) in [6.45, 7) is 4.18. The van der Waals surface area contributed by atoms with Crippen molar-refractivity contribution in [2.24, 2.45) is 5.92 Å². The minimum Gasteiger partial charge on any atom is -0.508 e. The fourth-order valence-corrected chi connectivity index (χ4v) is 4.39. The van der Waals surface area contributed by atoms with Gasteiger partial charge in [0.15, 0.2) is 0 Å². The maximum atomic E-state index is 13.1. The molecule has 0 aliphatic carbocycles. The van der Waals surface area contributed by atoms with Crippen LogP contribution in [0.15, 0.2) is 54.6 Å². The van der Waals surface area contributed by atoms with Crippen molar-refractivity contribution in [3.05, 3.63) is 65.7 Å². The SMILES string of the molecule is CC(c1ccccc1)N1CC(C(=O)N2CCN(C(=O)c3cccc(O)c3)CC2)CC1=O. The van der Waals surface area contributed by atoms with Crippen molar-refractivity contribution >= 4 is 17.7 Å². The molecule has 2 atom stereocenters. The zero-order valence-corrected chi connectivity index (χ0v) is 17.6. The predicted octanol–water partition coefficient (Wildman–Crippen LogP) is 2.29. The molecule has 0 aromatic heterocycles. The Hall–Kier alpha value is -3.35. The van der Waals surface area contributed by atoms with E-state index in [-0.39, 0.29) is 41.9 Å². The van der Waals surface area contributed by atoms with E-state index in [0.717, 1.165) is 5.56 Å². The molecule has 2 aliphatic rings. The average molecular weight is 421 g/mol. The number of phenols is 1. The summed E-state index contributed by atoms with van der Waals surface area (Å²) < 4.78 is 0. The van der Waals surface area contributed by atoms with Crippen LogP contribution in [-0.2, 0) is 9.59 Å². The number of hydrogen-bond acceptors (Lipinski definition) is 4. The van der Waals surface area contributed by atoms with Crippen LogP contribution in [0, 0.1) is 5.92 Å². The summed E-state index contributed by atoms with van der Waals surface area (Å²) in [5.74, 6) is -0.443. The number of amides is 3. The van der Waals surface area contributed by atoms with Gasteiger partial charge in [-0.25, -0.2) is 0 Å². The zero-order valence-electron chi connectivity index (χ0n) is 17.6. The number of nitrogens with zero attached hydrogens (tertiary/aromatic N) is 3. The summed E-state index contributed by atoms with van der Waals surface area (Å²) >= 11 is 0. The molecule has 2 heterocycles. The van der Waals surface area contributed by atoms with Crippen LogP contribution in [0.25, 0.3) is 0 Å². The Bertz CT molecular complexity index is 970. The first-order valence-electron chi connectivity index (χ1n) is 10.7. The van der Waals surface area contributed by atoms with Crippen LogP contribution in [0.1, 0.15) is 35.3 Å². The van der Waals surface area contributed by atoms with E-state index in [4.69, 9.17) is 0 Å². The maximum Gasteiger partial charge on any atom is 0.254 e. The zero-order chi connectivity index (χ0) is 22.0. The topological polar surface area (TPSA) is 81.2 Å². The molecule has 7 nitrogen and oxygen atoms in total. The summed E-state index contributed by atoms with van der Waals surface area (Å²) in [6, 6.07) is 16.1. The van der Waals surface area contributed by atoms with Gasteiger partial charge in [-0.15, -0.1) is 0 Å². The van der Waals surface area contributed by atoms with Crippen molar-refractivity contribution in [1.29, 1.82) is 0 Å². The number of aromatic hydroxyl groups is 1. The van der Waals surface area contributed by atoms with Gasteiger partial charge >= 0.3 is 0 Å². The van der Waals surface area contributed by atoms with Gasteiger partial charge in [-0.2, -0.15) is 0 Å². The molecule has 4 rings (SSSR count). The molecule has 0 radical (unpaired) electrons. The fraction of sp³-hybridized carbons (Fsp3) is 0.375. The molecule has 2 aromatic carbocycles. The minimum atomic E-state index is -0.341. The molecule has 0 saturated carbocycles. The van der Waals surface area contributed by atoms with Crippen LogP contribution in [0.4, 0.5) is 0 Å². The highest BCUT2D eigenvalue weighted by Crippen LogP contribution is 2.29. The Morgan fingerprint density at radius 3 is 2.32 bits per heavy atom. The number of phenolic OH excluding ortho intramolecular Hbond substituents is 1. The van der Waals surface area contributed by atoms with Crippen LogP contribution >= 0.6 is 0 Å². The van der Waals surface area contributed by atoms with Gasteiger partial charge in [0.05, 0.1) is 12.0 Å². The largest absolute Gasteiger partial charge is 0.508 e. The number of carbonyl (C=O) groups is 3. The third kappa shape index (κ3) is 4.40. The van der Waals surface area contributed by atoms with Gasteiger partial charge < -0.3 is 19.8 Å². The lowest BCUT2D eigenvalue weighted by atomic mass is 10.1. The van der Waals surface area contributed by atoms with Gasteiger partial charge in [-0.1, -0.05) is 36.4 Å². The van der Waals surface area contributed by atoms with E-state index in [1.165, 1.54) is 12.1 Å². The average Bonchev–Trinajstić information content (AvgIpc) is 3.20. The van der Waals surface area contributed by atoms with E-state index in [9.17, 15) is 19.5 Å². The van der Waals surface area contributed by atoms with Crippen molar-refractivity contribution in [3.63, 3.8) is 0 Å². The Morgan fingerprint density at radius 1 is 0.968 bits per heavy atom. The van der Waals surface area contributed by atoms with Crippen LogP contribution < -0.4 is 0 Å². The lowest BCUT2D eigenvalue weighted by molar-refractivity contribution is -0.137. The molecule has 7 heteroatoms. The summed E-state index contributed by atoms with van der Waals surface area (Å²) in [5, 5.41) is 9.60. The molecule has 31 heavy (non-hydrogen) atoms. The van der Waals surface area contributed by atoms with E-state index in [1.807, 2.05) is 37.3 Å². The van der Waals surface area contributed by atoms with E-state index < -0.39 is 0 Å². The van der Waals surface area contributed by atoms with E-state index in [1.54, 1.807) is 26.8 Å². The molecule has 3 amide bonds. The van der Waals surface area contributed by atoms with Gasteiger partial charge in [0.2, 0.25) is 11.8 Å². The molecular weight excluding hydrogens is 394 g/mol. The molecule has 2 fully saturated rings. The highest BCUT2D eigenvalue weighted by Gasteiger charge is 2.39. The van der Waals surface area contributed by atoms with Gasteiger partial charge in [0.25, 0.3) is 5.91 Å². The molecule has 0 spiro atoms. The monoisotopic (exact) mass is 421 g/mol. The molecule has 1 N–H and O–H groups in total. The number of benzene rings is 2. The fourth-order valence-electron chi connectivity index (χ4n) is 4.39. The summed E-state index contributed by atoms with van der Waals surface area (Å²) in [5.41, 5.74) is 1.50. The highest BCUT2D eigenvalue weighted by molar-refractivity contribution is 5.95. The minimum absolute atomic E-state index is 0.00685. The molecule has 162 valence electrons. The van der Waals surface area contributed by atoms with Gasteiger partial charge in [0, 0.05) is 44.7 Å². The summed E-state index contributed by atoms with van der Waals surface area (Å²) in [6.07, 6.45) is 0.235. The Labute approximate surface area is 181 Å².